The van der Waals surface area contributed by atoms with Gasteiger partial charge in [-0.3, -0.25) is 4.98 Å². The zero-order valence-corrected chi connectivity index (χ0v) is 21.2. The van der Waals surface area contributed by atoms with Crippen LogP contribution < -0.4 is 0 Å². The van der Waals surface area contributed by atoms with Crippen LogP contribution in [0.5, 0.6) is 0 Å². The molecule has 0 saturated carbocycles. The van der Waals surface area contributed by atoms with Crippen LogP contribution in [-0.2, 0) is 11.8 Å². The van der Waals surface area contributed by atoms with Crippen molar-refractivity contribution in [1.29, 1.82) is 0 Å². The van der Waals surface area contributed by atoms with Crippen molar-refractivity contribution in [2.75, 3.05) is 0 Å². The molecule has 0 N–H and O–H groups in total. The maximum Gasteiger partial charge on any atom is 0.0880 e. The number of fused-ring (bicyclic) bond motifs is 6. The van der Waals surface area contributed by atoms with E-state index >= 15 is 0 Å². The van der Waals surface area contributed by atoms with Crippen LogP contribution in [0.4, 0.5) is 0 Å². The number of hydrogen-bond donors (Lipinski definition) is 0. The monoisotopic (exact) mass is 471 g/mol. The normalized spacial score (nSPS) is 12.6. The van der Waals surface area contributed by atoms with Crippen LogP contribution in [0.1, 0.15) is 45.2 Å². The summed E-state index contributed by atoms with van der Waals surface area (Å²) < 4.78 is 5.46. The second-order valence-electron chi connectivity index (χ2n) is 9.57. The Morgan fingerprint density at radius 2 is 1.75 bits per heavy atom. The molecular formula is C28H25NS3. The van der Waals surface area contributed by atoms with Gasteiger partial charge in [0.05, 0.1) is 10.4 Å². The van der Waals surface area contributed by atoms with Gasteiger partial charge in [-0.15, -0.1) is 34.0 Å². The molecule has 0 aliphatic heterocycles. The lowest BCUT2D eigenvalue weighted by molar-refractivity contribution is 0.597. The maximum absolute atomic E-state index is 4.93. The molecule has 6 rings (SSSR count). The molecule has 2 aromatic carbocycles. The third-order valence-electron chi connectivity index (χ3n) is 6.32. The molecule has 0 atom stereocenters. The summed E-state index contributed by atoms with van der Waals surface area (Å²) in [6.07, 6.45) is 4.31. The molecule has 0 bridgehead atoms. The molecule has 0 saturated heterocycles. The lowest BCUT2D eigenvalue weighted by Crippen LogP contribution is -2.11. The van der Waals surface area contributed by atoms with E-state index in [1.807, 2.05) is 40.2 Å². The fraction of sp³-hybridized carbons (Fsp3) is 0.250. The van der Waals surface area contributed by atoms with Crippen LogP contribution in [0.15, 0.2) is 53.4 Å². The topological polar surface area (TPSA) is 12.9 Å². The third-order valence-corrected chi connectivity index (χ3v) is 9.45. The first-order valence-electron chi connectivity index (χ1n) is 11.2. The highest BCUT2D eigenvalue weighted by atomic mass is 32.1. The second-order valence-corrected chi connectivity index (χ2v) is 12.5. The van der Waals surface area contributed by atoms with Crippen molar-refractivity contribution in [2.24, 2.45) is 0 Å². The Hall–Kier alpha value is -2.27. The molecule has 0 unspecified atom stereocenters. The highest BCUT2D eigenvalue weighted by Crippen LogP contribution is 2.45. The Morgan fingerprint density at radius 3 is 2.56 bits per heavy atom. The molecule has 6 aromatic rings. The molecule has 0 spiro atoms. The molecule has 0 aliphatic carbocycles. The largest absolute Gasteiger partial charge is 0.255 e. The summed E-state index contributed by atoms with van der Waals surface area (Å²) in [6, 6.07) is 13.8. The van der Waals surface area contributed by atoms with Crippen LogP contribution in [0.3, 0.4) is 0 Å². The van der Waals surface area contributed by atoms with Crippen LogP contribution in [0.2, 0.25) is 0 Å². The van der Waals surface area contributed by atoms with Gasteiger partial charge in [0, 0.05) is 42.0 Å². The zero-order valence-electron chi connectivity index (χ0n) is 18.8. The summed E-state index contributed by atoms with van der Waals surface area (Å²) in [5, 5.41) is 10.1. The molecule has 160 valence electrons. The van der Waals surface area contributed by atoms with Gasteiger partial charge < -0.3 is 0 Å². The molecular weight excluding hydrogens is 447 g/mol. The Labute approximate surface area is 200 Å². The van der Waals surface area contributed by atoms with Gasteiger partial charge >= 0.3 is 0 Å². The van der Waals surface area contributed by atoms with E-state index < -0.39 is 0 Å². The first-order chi connectivity index (χ1) is 15.5. The van der Waals surface area contributed by atoms with Crippen LogP contribution >= 0.6 is 34.0 Å². The number of pyridine rings is 1. The van der Waals surface area contributed by atoms with Gasteiger partial charge in [-0.05, 0) is 75.5 Å². The Balaban J connectivity index is 1.68. The lowest BCUT2D eigenvalue weighted by atomic mass is 9.85. The summed E-state index contributed by atoms with van der Waals surface area (Å²) in [5.41, 5.74) is 5.33. The van der Waals surface area contributed by atoms with Crippen molar-refractivity contribution in [3.8, 4) is 11.3 Å². The highest BCUT2D eigenvalue weighted by molar-refractivity contribution is 7.26. The fourth-order valence-corrected chi connectivity index (χ4v) is 8.15. The summed E-state index contributed by atoms with van der Waals surface area (Å²) in [5.74, 6) is 0. The summed E-state index contributed by atoms with van der Waals surface area (Å²) in [7, 11) is 0. The molecule has 0 amide bonds. The molecule has 0 radical (unpaired) electrons. The van der Waals surface area contributed by atoms with E-state index in [4.69, 9.17) is 4.98 Å². The fourth-order valence-electron chi connectivity index (χ4n) is 4.82. The van der Waals surface area contributed by atoms with Gasteiger partial charge in [0.2, 0.25) is 0 Å². The van der Waals surface area contributed by atoms with E-state index in [0.717, 1.165) is 12.1 Å². The first kappa shape index (κ1) is 20.3. The van der Waals surface area contributed by atoms with Gasteiger partial charge in [-0.25, -0.2) is 0 Å². The summed E-state index contributed by atoms with van der Waals surface area (Å²) in [6.45, 7) is 9.19. The van der Waals surface area contributed by atoms with Gasteiger partial charge in [0.15, 0.2) is 0 Å². The minimum atomic E-state index is 0.0884. The van der Waals surface area contributed by atoms with Crippen LogP contribution in [0.25, 0.3) is 51.6 Å². The average Bonchev–Trinajstić information content (AvgIpc) is 3.48. The van der Waals surface area contributed by atoms with Crippen molar-refractivity contribution in [1.82, 2.24) is 4.98 Å². The summed E-state index contributed by atoms with van der Waals surface area (Å²) >= 11 is 5.62. The summed E-state index contributed by atoms with van der Waals surface area (Å²) in [4.78, 5) is 4.93. The molecule has 4 aromatic heterocycles. The number of rotatable bonds is 3. The van der Waals surface area contributed by atoms with E-state index in [1.165, 1.54) is 63.5 Å². The third kappa shape index (κ3) is 3.04. The van der Waals surface area contributed by atoms with Crippen molar-refractivity contribution >= 4 is 74.4 Å². The van der Waals surface area contributed by atoms with Gasteiger partial charge in [0.1, 0.15) is 0 Å². The quantitative estimate of drug-likeness (QED) is 0.250. The van der Waals surface area contributed by atoms with E-state index in [2.05, 4.69) is 74.9 Å². The van der Waals surface area contributed by atoms with Gasteiger partial charge in [-0.1, -0.05) is 34.1 Å². The average molecular weight is 472 g/mol. The molecule has 4 heteroatoms. The van der Waals surface area contributed by atoms with Crippen molar-refractivity contribution < 1.29 is 0 Å². The molecule has 1 nitrogen and oxygen atoms in total. The van der Waals surface area contributed by atoms with Crippen LogP contribution in [-0.4, -0.2) is 4.98 Å². The first-order valence-corrected chi connectivity index (χ1v) is 13.8. The number of thiophene rings is 3. The number of benzene rings is 2. The number of nitrogens with zero attached hydrogens (tertiary/aromatic N) is 1. The maximum atomic E-state index is 4.93. The second kappa shape index (κ2) is 7.38. The van der Waals surface area contributed by atoms with Gasteiger partial charge in [-0.2, -0.15) is 0 Å². The minimum absolute atomic E-state index is 0.0884. The van der Waals surface area contributed by atoms with Crippen LogP contribution in [0, 0.1) is 0 Å². The highest BCUT2D eigenvalue weighted by Gasteiger charge is 2.21. The smallest absolute Gasteiger partial charge is 0.0880 e. The molecule has 32 heavy (non-hydrogen) atoms. The van der Waals surface area contributed by atoms with E-state index in [0.29, 0.717) is 0 Å². The lowest BCUT2D eigenvalue weighted by Gasteiger charge is -2.21. The standard InChI is InChI=1S/C28H25NS3/c1-5-6-17-15-31-21-7-8-22-24(23(17)21)19-9-11-29-25(27(19)32-22)18-13-16-10-12-30-26(16)20(14-18)28(2,3)4/h7-15H,5-6H2,1-4H3. The molecule has 4 heterocycles. The van der Waals surface area contributed by atoms with E-state index in [1.54, 1.807) is 0 Å². The van der Waals surface area contributed by atoms with Crippen molar-refractivity contribution in [3.05, 3.63) is 64.5 Å². The number of aryl methyl sites for hydroxylation is 1. The minimum Gasteiger partial charge on any atom is -0.255 e. The Morgan fingerprint density at radius 1 is 0.906 bits per heavy atom. The SMILES string of the molecule is CCCc1csc2ccc3sc4c(-c5cc(C(C)(C)C)c6sccc6c5)nccc4c3c12. The Kier molecular flexibility index (Phi) is 4.69. The predicted octanol–water partition coefficient (Wildman–Crippen LogP) is 9.80. The zero-order chi connectivity index (χ0) is 22.0. The molecule has 0 fully saturated rings. The number of hydrogen-bond acceptors (Lipinski definition) is 4. The predicted molar refractivity (Wildman–Crippen MR) is 146 cm³/mol. The van der Waals surface area contributed by atoms with E-state index in [-0.39, 0.29) is 5.41 Å². The Bertz CT molecular complexity index is 1620. The van der Waals surface area contributed by atoms with Crippen molar-refractivity contribution in [2.45, 2.75) is 46.0 Å². The van der Waals surface area contributed by atoms with Crippen molar-refractivity contribution in [3.63, 3.8) is 0 Å². The number of aromatic nitrogens is 1. The van der Waals surface area contributed by atoms with Gasteiger partial charge in [0.25, 0.3) is 0 Å². The van der Waals surface area contributed by atoms with E-state index in [9.17, 15) is 0 Å². The molecule has 0 aliphatic rings.